The summed E-state index contributed by atoms with van der Waals surface area (Å²) in [6, 6.07) is 0. The van der Waals surface area contributed by atoms with Gasteiger partial charge in [0, 0.05) is 18.3 Å². The number of carbonyl (C=O) groups excluding carboxylic acids is 1. The van der Waals surface area contributed by atoms with E-state index in [9.17, 15) is 9.59 Å². The van der Waals surface area contributed by atoms with Crippen LogP contribution in [0.2, 0.25) is 0 Å². The molecule has 0 aliphatic carbocycles. The van der Waals surface area contributed by atoms with Crippen molar-refractivity contribution in [3.05, 3.63) is 23.7 Å². The molecule has 7 nitrogen and oxygen atoms in total. The second kappa shape index (κ2) is 6.23. The second-order valence-electron chi connectivity index (χ2n) is 5.12. The van der Waals surface area contributed by atoms with Crippen molar-refractivity contribution in [3.8, 4) is 0 Å². The van der Waals surface area contributed by atoms with Crippen LogP contribution in [0.5, 0.6) is 0 Å². The Morgan fingerprint density at radius 2 is 2.15 bits per heavy atom. The average molecular weight is 281 g/mol. The van der Waals surface area contributed by atoms with Gasteiger partial charge in [-0.2, -0.15) is 5.10 Å². The number of carbonyl (C=O) groups is 2. The van der Waals surface area contributed by atoms with Crippen molar-refractivity contribution in [2.75, 3.05) is 0 Å². The van der Waals surface area contributed by atoms with Gasteiger partial charge in [-0.3, -0.25) is 10.00 Å². The van der Waals surface area contributed by atoms with Crippen LogP contribution in [0.1, 0.15) is 33.3 Å². The maximum atomic E-state index is 11.6. The number of alkyl carbamates (subject to hydrolysis) is 1. The molecule has 0 radical (unpaired) electrons. The number of carboxylic acid groups (broad SMARTS) is 1. The van der Waals surface area contributed by atoms with E-state index in [1.165, 1.54) is 12.3 Å². The number of ether oxygens (including phenoxy) is 1. The van der Waals surface area contributed by atoms with Crippen LogP contribution in [-0.4, -0.2) is 32.6 Å². The molecule has 1 aromatic heterocycles. The molecule has 0 aliphatic rings. The second-order valence-corrected chi connectivity index (χ2v) is 5.12. The summed E-state index contributed by atoms with van der Waals surface area (Å²) < 4.78 is 6.66. The monoisotopic (exact) mass is 281 g/mol. The van der Waals surface area contributed by atoms with E-state index < -0.39 is 17.7 Å². The topological polar surface area (TPSA) is 93.5 Å². The van der Waals surface area contributed by atoms with E-state index in [-0.39, 0.29) is 5.70 Å². The Morgan fingerprint density at radius 1 is 1.50 bits per heavy atom. The minimum atomic E-state index is -1.25. The molecule has 0 spiro atoms. The van der Waals surface area contributed by atoms with Gasteiger partial charge >= 0.3 is 12.1 Å². The van der Waals surface area contributed by atoms with Crippen molar-refractivity contribution in [3.63, 3.8) is 0 Å². The van der Waals surface area contributed by atoms with E-state index in [2.05, 4.69) is 10.4 Å². The number of rotatable bonds is 4. The quantitative estimate of drug-likeness (QED) is 0.821. The Morgan fingerprint density at radius 3 is 2.60 bits per heavy atom. The van der Waals surface area contributed by atoms with E-state index in [0.717, 1.165) is 0 Å². The summed E-state index contributed by atoms with van der Waals surface area (Å²) in [4.78, 5) is 22.7. The highest BCUT2D eigenvalue weighted by molar-refractivity contribution is 5.95. The van der Waals surface area contributed by atoms with Gasteiger partial charge < -0.3 is 9.84 Å². The predicted molar refractivity (Wildman–Crippen MR) is 72.9 cm³/mol. The molecule has 0 aliphatic heterocycles. The van der Waals surface area contributed by atoms with Gasteiger partial charge in [-0.05, 0) is 33.8 Å². The normalized spacial score (nSPS) is 12.1. The van der Waals surface area contributed by atoms with Gasteiger partial charge in [0.2, 0.25) is 0 Å². The Kier molecular flexibility index (Phi) is 4.90. The molecule has 0 saturated carbocycles. The SMILES string of the molecule is CCn1cc(/C=C(/NC(=O)OC(C)(C)C)C(=O)O)cn1. The minimum Gasteiger partial charge on any atom is -0.477 e. The lowest BCUT2D eigenvalue weighted by molar-refractivity contribution is -0.133. The van der Waals surface area contributed by atoms with Crippen molar-refractivity contribution in [1.29, 1.82) is 0 Å². The molecule has 0 fully saturated rings. The van der Waals surface area contributed by atoms with Crippen LogP contribution < -0.4 is 5.32 Å². The molecule has 110 valence electrons. The van der Waals surface area contributed by atoms with Crippen LogP contribution in [0, 0.1) is 0 Å². The lowest BCUT2D eigenvalue weighted by atomic mass is 10.2. The number of aryl methyl sites for hydroxylation is 1. The molecule has 0 unspecified atom stereocenters. The third-order valence-corrected chi connectivity index (χ3v) is 2.15. The van der Waals surface area contributed by atoms with E-state index in [4.69, 9.17) is 9.84 Å². The zero-order chi connectivity index (χ0) is 15.3. The highest BCUT2D eigenvalue weighted by Crippen LogP contribution is 2.09. The smallest absolute Gasteiger partial charge is 0.412 e. The Balaban J connectivity index is 2.84. The zero-order valence-corrected chi connectivity index (χ0v) is 12.0. The molecule has 0 saturated heterocycles. The standard InChI is InChI=1S/C13H19N3O4/c1-5-16-8-9(7-14-16)6-10(11(17)18)15-12(19)20-13(2,3)4/h6-8H,5H2,1-4H3,(H,15,19)(H,17,18)/b10-6+. The highest BCUT2D eigenvalue weighted by Gasteiger charge is 2.19. The van der Waals surface area contributed by atoms with Crippen molar-refractivity contribution in [2.45, 2.75) is 39.8 Å². The van der Waals surface area contributed by atoms with Crippen LogP contribution in [0.4, 0.5) is 4.79 Å². The number of hydrogen-bond acceptors (Lipinski definition) is 4. The summed E-state index contributed by atoms with van der Waals surface area (Å²) in [6.07, 6.45) is 3.71. The fraction of sp³-hybridized carbons (Fsp3) is 0.462. The van der Waals surface area contributed by atoms with Crippen LogP contribution in [0.3, 0.4) is 0 Å². The van der Waals surface area contributed by atoms with Crippen molar-refractivity contribution < 1.29 is 19.4 Å². The number of aliphatic carboxylic acids is 1. The van der Waals surface area contributed by atoms with Crippen LogP contribution in [0.15, 0.2) is 18.1 Å². The molecular formula is C13H19N3O4. The third kappa shape index (κ3) is 5.13. The number of aromatic nitrogens is 2. The first-order valence-electron chi connectivity index (χ1n) is 6.18. The largest absolute Gasteiger partial charge is 0.477 e. The number of nitrogens with zero attached hydrogens (tertiary/aromatic N) is 2. The Labute approximate surface area is 117 Å². The van der Waals surface area contributed by atoms with Gasteiger partial charge in [0.25, 0.3) is 0 Å². The molecule has 0 bridgehead atoms. The number of nitrogens with one attached hydrogen (secondary N) is 1. The molecule has 2 N–H and O–H groups in total. The molecular weight excluding hydrogens is 262 g/mol. The van der Waals surface area contributed by atoms with Crippen LogP contribution >= 0.6 is 0 Å². The maximum absolute atomic E-state index is 11.6. The van der Waals surface area contributed by atoms with Gasteiger partial charge in [0.05, 0.1) is 6.20 Å². The van der Waals surface area contributed by atoms with Gasteiger partial charge in [0.15, 0.2) is 0 Å². The van der Waals surface area contributed by atoms with Crippen molar-refractivity contribution >= 4 is 18.1 Å². The highest BCUT2D eigenvalue weighted by atomic mass is 16.6. The summed E-state index contributed by atoms with van der Waals surface area (Å²) in [5.41, 5.74) is -0.379. The predicted octanol–water partition coefficient (Wildman–Crippen LogP) is 1.85. The van der Waals surface area contributed by atoms with Crippen LogP contribution in [0.25, 0.3) is 6.08 Å². The molecule has 1 amide bonds. The average Bonchev–Trinajstić information content (AvgIpc) is 2.73. The van der Waals surface area contributed by atoms with E-state index in [1.807, 2.05) is 6.92 Å². The lowest BCUT2D eigenvalue weighted by Crippen LogP contribution is -2.34. The number of hydrogen-bond donors (Lipinski definition) is 2. The number of carboxylic acids is 1. The summed E-state index contributed by atoms with van der Waals surface area (Å²) in [5.74, 6) is -1.25. The molecule has 1 heterocycles. The molecule has 0 aromatic carbocycles. The third-order valence-electron chi connectivity index (χ3n) is 2.15. The van der Waals surface area contributed by atoms with Gasteiger partial charge in [0.1, 0.15) is 11.3 Å². The number of amides is 1. The Bertz CT molecular complexity index is 526. The first-order valence-corrected chi connectivity index (χ1v) is 6.18. The summed E-state index contributed by atoms with van der Waals surface area (Å²) in [6.45, 7) is 7.68. The Hall–Kier alpha value is -2.31. The lowest BCUT2D eigenvalue weighted by Gasteiger charge is -2.19. The molecule has 7 heteroatoms. The van der Waals surface area contributed by atoms with Gasteiger partial charge in [-0.1, -0.05) is 0 Å². The minimum absolute atomic E-state index is 0.269. The van der Waals surface area contributed by atoms with E-state index in [0.29, 0.717) is 12.1 Å². The molecule has 20 heavy (non-hydrogen) atoms. The first kappa shape index (κ1) is 15.7. The van der Waals surface area contributed by atoms with Gasteiger partial charge in [-0.25, -0.2) is 9.59 Å². The molecule has 0 atom stereocenters. The van der Waals surface area contributed by atoms with Crippen molar-refractivity contribution in [2.24, 2.45) is 0 Å². The summed E-state index contributed by atoms with van der Waals surface area (Å²) in [7, 11) is 0. The molecule has 1 aromatic rings. The molecule has 1 rings (SSSR count). The van der Waals surface area contributed by atoms with Gasteiger partial charge in [-0.15, -0.1) is 0 Å². The maximum Gasteiger partial charge on any atom is 0.412 e. The summed E-state index contributed by atoms with van der Waals surface area (Å²) >= 11 is 0. The fourth-order valence-electron chi connectivity index (χ4n) is 1.36. The summed E-state index contributed by atoms with van der Waals surface area (Å²) in [5, 5.41) is 15.3. The first-order chi connectivity index (χ1) is 9.21. The van der Waals surface area contributed by atoms with Crippen molar-refractivity contribution in [1.82, 2.24) is 15.1 Å². The van der Waals surface area contributed by atoms with E-state index in [1.54, 1.807) is 31.6 Å². The van der Waals surface area contributed by atoms with Crippen LogP contribution in [-0.2, 0) is 16.1 Å². The van der Waals surface area contributed by atoms with E-state index >= 15 is 0 Å². The zero-order valence-electron chi connectivity index (χ0n) is 12.0. The fourth-order valence-corrected chi connectivity index (χ4v) is 1.36.